The van der Waals surface area contributed by atoms with E-state index in [1.807, 2.05) is 19.5 Å². The summed E-state index contributed by atoms with van der Waals surface area (Å²) in [6, 6.07) is 0. The fraction of sp³-hybridized carbons (Fsp3) is 1.00. The van der Waals surface area contributed by atoms with Gasteiger partial charge in [0.2, 0.25) is 0 Å². The van der Waals surface area contributed by atoms with Crippen molar-refractivity contribution in [2.45, 2.75) is 12.8 Å². The summed E-state index contributed by atoms with van der Waals surface area (Å²) >= 11 is 0. The van der Waals surface area contributed by atoms with Crippen molar-refractivity contribution < 1.29 is 9.84 Å². The molecule has 0 aliphatic heterocycles. The van der Waals surface area contributed by atoms with E-state index in [-0.39, 0.29) is 0 Å². The van der Waals surface area contributed by atoms with Crippen LogP contribution in [-0.2, 0) is 4.74 Å². The molecular formula is C9H28N4O3. The number of nitrogens with one attached hydrogen (secondary N) is 2. The molecule has 0 aliphatic carbocycles. The van der Waals surface area contributed by atoms with Crippen LogP contribution >= 0.6 is 0 Å². The summed E-state index contributed by atoms with van der Waals surface area (Å²) in [4.78, 5) is 8.81. The summed E-state index contributed by atoms with van der Waals surface area (Å²) in [7, 11) is 7.91. The van der Waals surface area contributed by atoms with Crippen molar-refractivity contribution in [2.75, 3.05) is 48.5 Å². The van der Waals surface area contributed by atoms with Crippen molar-refractivity contribution in [1.82, 2.24) is 10.7 Å². The zero-order valence-corrected chi connectivity index (χ0v) is 11.1. The van der Waals surface area contributed by atoms with E-state index in [1.165, 1.54) is 7.05 Å². The number of rotatable bonds is 5. The molecule has 0 radical (unpaired) electrons. The van der Waals surface area contributed by atoms with Gasteiger partial charge in [0.05, 0.1) is 0 Å². The van der Waals surface area contributed by atoms with Gasteiger partial charge in [0, 0.05) is 33.2 Å². The number of hydrogen-bond acceptors (Lipinski definition) is 6. The Bertz CT molecular complexity index is 83.2. The zero-order chi connectivity index (χ0) is 13.7. The standard InChI is InChI=1S/C5H13NO.C2H7N.CH4N2O.CH4O/c1-7-5-3-2-4-6;1-3-2;1-2-3-4;1-2/h2-6H2,1H3;3H,1-2H3;1H3,(H,2,4);2H,1H3. The fourth-order valence-electron chi connectivity index (χ4n) is 0.391. The number of aliphatic hydroxyl groups is 1. The Balaban J connectivity index is -0.0000000685. The molecule has 7 heteroatoms. The average molecular weight is 240 g/mol. The highest BCUT2D eigenvalue weighted by atomic mass is 16.5. The average Bonchev–Trinajstić information content (AvgIpc) is 2.34. The lowest BCUT2D eigenvalue weighted by Gasteiger charge is -1.92. The van der Waals surface area contributed by atoms with Crippen molar-refractivity contribution in [3.05, 3.63) is 4.91 Å². The summed E-state index contributed by atoms with van der Waals surface area (Å²) in [6.45, 7) is 1.63. The zero-order valence-electron chi connectivity index (χ0n) is 11.1. The second-order valence-corrected chi connectivity index (χ2v) is 2.30. The van der Waals surface area contributed by atoms with Crippen LogP contribution in [0.3, 0.4) is 0 Å². The number of nitrogens with zero attached hydrogens (tertiary/aromatic N) is 1. The quantitative estimate of drug-likeness (QED) is 0.298. The molecule has 0 rings (SSSR count). The highest BCUT2D eigenvalue weighted by Crippen LogP contribution is 1.83. The molecule has 0 aromatic heterocycles. The lowest BCUT2D eigenvalue weighted by Crippen LogP contribution is -1.99. The van der Waals surface area contributed by atoms with E-state index in [1.54, 1.807) is 7.11 Å². The number of ether oxygens (including phenoxy) is 1. The van der Waals surface area contributed by atoms with Gasteiger partial charge in [-0.3, -0.25) is 5.43 Å². The predicted octanol–water partition coefficient (Wildman–Crippen LogP) is -0.297. The first kappa shape index (κ1) is 24.5. The minimum absolute atomic E-state index is 0.781. The van der Waals surface area contributed by atoms with Crippen LogP contribution in [0.4, 0.5) is 0 Å². The predicted molar refractivity (Wildman–Crippen MR) is 68.1 cm³/mol. The van der Waals surface area contributed by atoms with E-state index in [0.29, 0.717) is 0 Å². The van der Waals surface area contributed by atoms with E-state index >= 15 is 0 Å². The van der Waals surface area contributed by atoms with Gasteiger partial charge in [-0.1, -0.05) is 0 Å². The van der Waals surface area contributed by atoms with E-state index in [2.05, 4.69) is 10.6 Å². The van der Waals surface area contributed by atoms with Crippen molar-refractivity contribution in [3.8, 4) is 0 Å². The minimum atomic E-state index is 0.781. The summed E-state index contributed by atoms with van der Waals surface area (Å²) in [5, 5.41) is 12.0. The second kappa shape index (κ2) is 47.6. The van der Waals surface area contributed by atoms with Gasteiger partial charge in [-0.15, -0.1) is 4.91 Å². The number of hydrogen-bond donors (Lipinski definition) is 4. The Hall–Kier alpha value is -0.760. The molecule has 0 aromatic carbocycles. The van der Waals surface area contributed by atoms with Crippen LogP contribution in [0.15, 0.2) is 5.29 Å². The van der Waals surface area contributed by atoms with Crippen LogP contribution in [0, 0.1) is 4.91 Å². The molecule has 0 atom stereocenters. The van der Waals surface area contributed by atoms with Gasteiger partial charge in [-0.2, -0.15) is 0 Å². The molecule has 0 amide bonds. The van der Waals surface area contributed by atoms with Crippen molar-refractivity contribution in [2.24, 2.45) is 11.0 Å². The van der Waals surface area contributed by atoms with E-state index in [9.17, 15) is 0 Å². The van der Waals surface area contributed by atoms with Gasteiger partial charge in [0.25, 0.3) is 0 Å². The Morgan fingerprint density at radius 1 is 1.25 bits per heavy atom. The molecule has 5 N–H and O–H groups in total. The first-order valence-corrected chi connectivity index (χ1v) is 4.96. The van der Waals surface area contributed by atoms with Gasteiger partial charge in [0.15, 0.2) is 0 Å². The third kappa shape index (κ3) is 110. The third-order valence-corrected chi connectivity index (χ3v) is 0.894. The number of nitrogens with two attached hydrogens (primary N) is 1. The molecule has 0 unspecified atom stereocenters. The molecule has 0 saturated heterocycles. The van der Waals surface area contributed by atoms with Gasteiger partial charge >= 0.3 is 0 Å². The molecule has 7 nitrogen and oxygen atoms in total. The molecule has 0 heterocycles. The van der Waals surface area contributed by atoms with Crippen LogP contribution in [0.25, 0.3) is 0 Å². The first-order chi connectivity index (χ1) is 7.74. The molecule has 0 spiro atoms. The largest absolute Gasteiger partial charge is 0.400 e. The monoisotopic (exact) mass is 240 g/mol. The van der Waals surface area contributed by atoms with Crippen LogP contribution < -0.4 is 16.5 Å². The molecule has 0 fully saturated rings. The van der Waals surface area contributed by atoms with Gasteiger partial charge < -0.3 is 20.9 Å². The fourth-order valence-corrected chi connectivity index (χ4v) is 0.391. The number of unbranched alkanes of at least 4 members (excludes halogenated alkanes) is 1. The lowest BCUT2D eigenvalue weighted by molar-refractivity contribution is 0.193. The maximum atomic E-state index is 8.81. The van der Waals surface area contributed by atoms with Gasteiger partial charge in [-0.25, -0.2) is 0 Å². The Labute approximate surface area is 98.7 Å². The van der Waals surface area contributed by atoms with Crippen LogP contribution in [0.5, 0.6) is 0 Å². The smallest absolute Gasteiger partial charge is 0.0493 e. The molecule has 0 bridgehead atoms. The van der Waals surface area contributed by atoms with E-state index < -0.39 is 0 Å². The normalized spacial score (nSPS) is 6.94. The van der Waals surface area contributed by atoms with E-state index in [4.69, 9.17) is 20.5 Å². The SMILES string of the molecule is CNC.CNN=O.CO.COCCCCN. The van der Waals surface area contributed by atoms with Crippen molar-refractivity contribution in [1.29, 1.82) is 0 Å². The molecular weight excluding hydrogens is 212 g/mol. The van der Waals surface area contributed by atoms with E-state index in [0.717, 1.165) is 33.1 Å². The molecule has 0 aromatic rings. The number of methoxy groups -OCH3 is 1. The molecule has 102 valence electrons. The lowest BCUT2D eigenvalue weighted by atomic mass is 10.3. The van der Waals surface area contributed by atoms with Crippen molar-refractivity contribution >= 4 is 0 Å². The summed E-state index contributed by atoms with van der Waals surface area (Å²) in [5.41, 5.74) is 7.21. The number of aliphatic hydroxyl groups excluding tert-OH is 1. The maximum absolute atomic E-state index is 8.81. The molecule has 0 saturated carbocycles. The Kier molecular flexibility index (Phi) is 72.8. The summed E-state index contributed by atoms with van der Waals surface area (Å²) < 4.78 is 4.79. The van der Waals surface area contributed by atoms with Crippen molar-refractivity contribution in [3.63, 3.8) is 0 Å². The minimum Gasteiger partial charge on any atom is -0.400 e. The number of nitroso groups, excluding NO2 is 1. The Morgan fingerprint density at radius 2 is 1.62 bits per heavy atom. The topological polar surface area (TPSA) is 109 Å². The molecule has 0 aliphatic rings. The maximum Gasteiger partial charge on any atom is 0.0493 e. The van der Waals surface area contributed by atoms with Crippen LogP contribution in [0.2, 0.25) is 0 Å². The molecule has 16 heavy (non-hydrogen) atoms. The van der Waals surface area contributed by atoms with Crippen LogP contribution in [0.1, 0.15) is 12.8 Å². The highest BCUT2D eigenvalue weighted by molar-refractivity contribution is 4.36. The van der Waals surface area contributed by atoms with Gasteiger partial charge in [0.1, 0.15) is 0 Å². The Morgan fingerprint density at radius 3 is 1.81 bits per heavy atom. The first-order valence-electron chi connectivity index (χ1n) is 4.96. The highest BCUT2D eigenvalue weighted by Gasteiger charge is 1.79. The summed E-state index contributed by atoms with van der Waals surface area (Å²) in [6.07, 6.45) is 2.17. The third-order valence-electron chi connectivity index (χ3n) is 0.894. The van der Waals surface area contributed by atoms with Crippen LogP contribution in [-0.4, -0.2) is 53.6 Å². The second-order valence-electron chi connectivity index (χ2n) is 2.30. The summed E-state index contributed by atoms with van der Waals surface area (Å²) in [5.74, 6) is 0. The van der Waals surface area contributed by atoms with Gasteiger partial charge in [-0.05, 0) is 33.5 Å².